The number of rotatable bonds is 11. The number of allylic oxidation sites excluding steroid dienone is 2. The summed E-state index contributed by atoms with van der Waals surface area (Å²) in [4.78, 5) is 2.57. The number of thiazole rings is 1. The largest absolute Gasteiger partial charge is 0.748 e. The number of aromatic nitrogens is 1. The van der Waals surface area contributed by atoms with Crippen LogP contribution in [0.5, 0.6) is 0 Å². The van der Waals surface area contributed by atoms with Crippen molar-refractivity contribution in [3.05, 3.63) is 68.1 Å². The monoisotopic (exact) mass is 680 g/mol. The van der Waals surface area contributed by atoms with Crippen LogP contribution < -0.4 is 9.47 Å². The van der Waals surface area contributed by atoms with Gasteiger partial charge < -0.3 is 19.7 Å². The molecule has 0 aliphatic carbocycles. The van der Waals surface area contributed by atoms with Crippen LogP contribution in [0.4, 0.5) is 5.69 Å². The molecule has 0 saturated carbocycles. The van der Waals surface area contributed by atoms with Gasteiger partial charge in [0.05, 0.1) is 39.2 Å². The Morgan fingerprint density at radius 3 is 2.41 bits per heavy atom. The van der Waals surface area contributed by atoms with E-state index in [4.69, 9.17) is 23.2 Å². The summed E-state index contributed by atoms with van der Waals surface area (Å²) in [5.41, 5.74) is 2.15. The second kappa shape index (κ2) is 12.9. The van der Waals surface area contributed by atoms with Gasteiger partial charge in [-0.25, -0.2) is 8.42 Å². The maximum absolute atomic E-state index is 11.4. The first-order chi connectivity index (χ1) is 19.1. The molecule has 0 spiro atoms. The molecule has 4 rings (SSSR count). The molecular formula is C25H26Cl2N2O8S4. The molecule has 0 amide bonds. The van der Waals surface area contributed by atoms with E-state index in [1.807, 2.05) is 31.2 Å². The van der Waals surface area contributed by atoms with Crippen LogP contribution >= 0.6 is 46.3 Å². The molecule has 1 aromatic heterocycles. The van der Waals surface area contributed by atoms with Crippen molar-refractivity contribution in [2.24, 2.45) is 0 Å². The highest BCUT2D eigenvalue weighted by Gasteiger charge is 2.29. The van der Waals surface area contributed by atoms with Gasteiger partial charge >= 0.3 is 0 Å². The topological polar surface area (TPSA) is 159 Å². The SMILES string of the molecule is CCC(/C=C1\Sc2ccc(Cl)cc2N1CC(O)CS(=O)(=O)O)=C\c1sc2ccc(Cl)cc2[n+]1CC(O)CS(=O)(=O)[O-]. The number of nitrogens with zero attached hydrogens (tertiary/aromatic N) is 2. The molecule has 0 fully saturated rings. The van der Waals surface area contributed by atoms with Gasteiger partial charge in [-0.2, -0.15) is 13.0 Å². The van der Waals surface area contributed by atoms with Crippen molar-refractivity contribution in [2.45, 2.75) is 37.0 Å². The Hall–Kier alpha value is -1.72. The number of halogens is 2. The summed E-state index contributed by atoms with van der Waals surface area (Å²) >= 11 is 15.2. The summed E-state index contributed by atoms with van der Waals surface area (Å²) in [5, 5.41) is 23.1. The van der Waals surface area contributed by atoms with E-state index >= 15 is 0 Å². The van der Waals surface area contributed by atoms with Crippen molar-refractivity contribution in [1.29, 1.82) is 0 Å². The third-order valence-corrected chi connectivity index (χ3v) is 10.3. The minimum absolute atomic E-state index is 0.125. The lowest BCUT2D eigenvalue weighted by atomic mass is 10.2. The molecule has 2 heterocycles. The van der Waals surface area contributed by atoms with E-state index in [1.165, 1.54) is 23.1 Å². The highest BCUT2D eigenvalue weighted by molar-refractivity contribution is 8.03. The van der Waals surface area contributed by atoms with Crippen LogP contribution in [0.3, 0.4) is 0 Å². The minimum Gasteiger partial charge on any atom is -0.748 e. The smallest absolute Gasteiger partial charge is 0.267 e. The van der Waals surface area contributed by atoms with Crippen LogP contribution in [0, 0.1) is 0 Å². The molecule has 2 unspecified atom stereocenters. The summed E-state index contributed by atoms with van der Waals surface area (Å²) in [6.07, 6.45) is 1.46. The fourth-order valence-corrected chi connectivity index (χ4v) is 8.07. The van der Waals surface area contributed by atoms with Crippen LogP contribution in [0.1, 0.15) is 18.4 Å². The van der Waals surface area contributed by atoms with Crippen LogP contribution in [0.15, 0.2) is 58.0 Å². The van der Waals surface area contributed by atoms with Crippen molar-refractivity contribution >= 4 is 88.5 Å². The lowest BCUT2D eigenvalue weighted by molar-refractivity contribution is -0.675. The summed E-state index contributed by atoms with van der Waals surface area (Å²) < 4.78 is 68.2. The number of hydrogen-bond donors (Lipinski definition) is 3. The highest BCUT2D eigenvalue weighted by Crippen LogP contribution is 2.47. The van der Waals surface area contributed by atoms with Gasteiger partial charge in [-0.3, -0.25) is 4.55 Å². The second-order valence-corrected chi connectivity index (χ2v) is 15.3. The predicted molar refractivity (Wildman–Crippen MR) is 161 cm³/mol. The van der Waals surface area contributed by atoms with E-state index in [0.717, 1.165) is 15.2 Å². The highest BCUT2D eigenvalue weighted by atomic mass is 35.5. The van der Waals surface area contributed by atoms with Crippen molar-refractivity contribution in [3.63, 3.8) is 0 Å². The van der Waals surface area contributed by atoms with E-state index in [-0.39, 0.29) is 13.1 Å². The van der Waals surface area contributed by atoms with Crippen molar-refractivity contribution < 1.29 is 40.7 Å². The van der Waals surface area contributed by atoms with Gasteiger partial charge in [0.2, 0.25) is 5.52 Å². The zero-order valence-electron chi connectivity index (χ0n) is 21.5. The van der Waals surface area contributed by atoms with Gasteiger partial charge in [0, 0.05) is 27.1 Å². The molecule has 1 aliphatic rings. The summed E-state index contributed by atoms with van der Waals surface area (Å²) in [6, 6.07) is 10.5. The standard InChI is InChI=1S/C25H26Cl2N2O8S4/c1-2-15(7-24-28(11-18(30)13-40(32,33)34)20-9-16(26)3-5-22(20)38-24)8-25-29(12-19(31)14-41(35,36)37)21-10-17(27)4-6-23(21)39-25/h3-10,18-19,30-31H,2,11-14H2,1H3,(H-,32,33,34,35,36,37). The predicted octanol–water partition coefficient (Wildman–Crippen LogP) is 3.90. The van der Waals surface area contributed by atoms with E-state index in [9.17, 15) is 36.2 Å². The van der Waals surface area contributed by atoms with Gasteiger partial charge in [0.25, 0.3) is 15.1 Å². The third kappa shape index (κ3) is 8.66. The third-order valence-electron chi connectivity index (χ3n) is 6.00. The number of aliphatic hydroxyl groups excluding tert-OH is 2. The molecule has 0 bridgehead atoms. The van der Waals surface area contributed by atoms with Crippen molar-refractivity contribution in [1.82, 2.24) is 0 Å². The lowest BCUT2D eigenvalue weighted by Crippen LogP contribution is -2.43. The first-order valence-corrected chi connectivity index (χ1v) is 17.7. The summed E-state index contributed by atoms with van der Waals surface area (Å²) in [6.45, 7) is 1.64. The molecule has 3 aromatic rings. The normalized spacial score (nSPS) is 16.9. The molecule has 3 N–H and O–H groups in total. The maximum atomic E-state index is 11.4. The van der Waals surface area contributed by atoms with Crippen LogP contribution in [-0.4, -0.2) is 66.4 Å². The Morgan fingerprint density at radius 1 is 1.07 bits per heavy atom. The average molecular weight is 682 g/mol. The Bertz CT molecular complexity index is 1740. The number of benzene rings is 2. The maximum Gasteiger partial charge on any atom is 0.267 e. The molecule has 16 heteroatoms. The lowest BCUT2D eigenvalue weighted by Gasteiger charge is -2.23. The minimum atomic E-state index is -4.65. The number of β-amino-alcohol motifs (C(OH)–C–C–N with tert-alkyl or cyclic N) is 1. The van der Waals surface area contributed by atoms with Crippen LogP contribution in [0.25, 0.3) is 16.3 Å². The molecular weight excluding hydrogens is 655 g/mol. The molecule has 2 atom stereocenters. The summed E-state index contributed by atoms with van der Waals surface area (Å²) in [7, 11) is -9.06. The second-order valence-electron chi connectivity index (χ2n) is 9.32. The molecule has 2 aromatic carbocycles. The number of anilines is 1. The Labute approximate surface area is 256 Å². The quantitative estimate of drug-likeness (QED) is 0.200. The van der Waals surface area contributed by atoms with Crippen LogP contribution in [-0.2, 0) is 26.8 Å². The molecule has 1 aliphatic heterocycles. The number of thioether (sulfide) groups is 1. The molecule has 41 heavy (non-hydrogen) atoms. The van der Waals surface area contributed by atoms with Gasteiger partial charge in [-0.05, 0) is 48.4 Å². The number of hydrogen-bond acceptors (Lipinski definition) is 10. The number of aliphatic hydroxyl groups is 2. The zero-order valence-corrected chi connectivity index (χ0v) is 26.3. The fourth-order valence-electron chi connectivity index (χ4n) is 4.31. The van der Waals surface area contributed by atoms with E-state index in [0.29, 0.717) is 37.7 Å². The fraction of sp³-hybridized carbons (Fsp3) is 0.320. The molecule has 0 radical (unpaired) electrons. The zero-order chi connectivity index (χ0) is 30.1. The van der Waals surface area contributed by atoms with Gasteiger partial charge in [-0.15, -0.1) is 0 Å². The Morgan fingerprint density at radius 2 is 1.76 bits per heavy atom. The first kappa shape index (κ1) is 32.2. The van der Waals surface area contributed by atoms with Gasteiger partial charge in [0.1, 0.15) is 16.6 Å². The molecule has 10 nitrogen and oxygen atoms in total. The summed E-state index contributed by atoms with van der Waals surface area (Å²) in [5.74, 6) is -1.77. The molecule has 0 saturated heterocycles. The van der Waals surface area contributed by atoms with Crippen molar-refractivity contribution in [2.75, 3.05) is 23.0 Å². The van der Waals surface area contributed by atoms with Crippen molar-refractivity contribution in [3.8, 4) is 0 Å². The average Bonchev–Trinajstić information content (AvgIpc) is 3.33. The van der Waals surface area contributed by atoms with E-state index in [1.54, 1.807) is 33.7 Å². The van der Waals surface area contributed by atoms with Gasteiger partial charge in [0.15, 0.2) is 6.54 Å². The van der Waals surface area contributed by atoms with E-state index in [2.05, 4.69) is 0 Å². The van der Waals surface area contributed by atoms with Gasteiger partial charge in [-0.1, -0.05) is 53.2 Å². The molecule has 222 valence electrons. The number of fused-ring (bicyclic) bond motifs is 2. The Balaban J connectivity index is 1.75. The van der Waals surface area contributed by atoms with E-state index < -0.39 is 43.9 Å². The van der Waals surface area contributed by atoms with Crippen LogP contribution in [0.2, 0.25) is 10.0 Å². The Kier molecular flexibility index (Phi) is 10.1. The first-order valence-electron chi connectivity index (χ1n) is 12.2.